The summed E-state index contributed by atoms with van der Waals surface area (Å²) in [5, 5.41) is 15.4. The van der Waals surface area contributed by atoms with E-state index in [0.717, 1.165) is 0 Å². The highest BCUT2D eigenvalue weighted by molar-refractivity contribution is 5.93. The lowest BCUT2D eigenvalue weighted by Crippen LogP contribution is -2.40. The number of hydrogen-bond donors (Lipinski definition) is 4. The number of carboxylic acid groups (broad SMARTS) is 1. The molecule has 0 aliphatic heterocycles. The number of amides is 3. The van der Waals surface area contributed by atoms with E-state index in [1.165, 1.54) is 0 Å². The second kappa shape index (κ2) is 8.41. The average Bonchev–Trinajstić information content (AvgIpc) is 2.45. The van der Waals surface area contributed by atoms with Gasteiger partial charge in [0.2, 0.25) is 5.91 Å². The van der Waals surface area contributed by atoms with Crippen LogP contribution in [0.5, 0.6) is 5.75 Å². The molecule has 1 aromatic carbocycles. The van der Waals surface area contributed by atoms with Gasteiger partial charge in [0.25, 0.3) is 0 Å². The van der Waals surface area contributed by atoms with Gasteiger partial charge in [-0.15, -0.1) is 0 Å². The van der Waals surface area contributed by atoms with Crippen molar-refractivity contribution < 1.29 is 24.2 Å². The van der Waals surface area contributed by atoms with Crippen LogP contribution in [0.25, 0.3) is 0 Å². The summed E-state index contributed by atoms with van der Waals surface area (Å²) in [5.41, 5.74) is 0.475. The Morgan fingerprint density at radius 3 is 2.52 bits per heavy atom. The Balaban J connectivity index is 2.43. The highest BCUT2D eigenvalue weighted by Gasteiger charge is 2.09. The molecule has 0 saturated heterocycles. The molecule has 4 N–H and O–H groups in total. The van der Waals surface area contributed by atoms with Crippen molar-refractivity contribution in [1.29, 1.82) is 0 Å². The Labute approximate surface area is 121 Å². The maximum atomic E-state index is 11.6. The SMILES string of the molecule is CCOc1ccccc1NC(=O)NCC(=O)NCC(=O)O. The van der Waals surface area contributed by atoms with Crippen LogP contribution in [0.2, 0.25) is 0 Å². The topological polar surface area (TPSA) is 117 Å². The van der Waals surface area contributed by atoms with E-state index in [2.05, 4.69) is 16.0 Å². The molecule has 0 spiro atoms. The number of ether oxygens (including phenoxy) is 1. The van der Waals surface area contributed by atoms with Crippen molar-refractivity contribution in [2.45, 2.75) is 6.92 Å². The Kier molecular flexibility index (Phi) is 6.52. The molecule has 0 aromatic heterocycles. The highest BCUT2D eigenvalue weighted by atomic mass is 16.5. The number of para-hydroxylation sites is 2. The molecule has 21 heavy (non-hydrogen) atoms. The van der Waals surface area contributed by atoms with Gasteiger partial charge in [-0.25, -0.2) is 4.79 Å². The molecule has 1 rings (SSSR count). The zero-order valence-corrected chi connectivity index (χ0v) is 11.5. The van der Waals surface area contributed by atoms with Gasteiger partial charge in [0.15, 0.2) is 0 Å². The minimum Gasteiger partial charge on any atom is -0.492 e. The summed E-state index contributed by atoms with van der Waals surface area (Å²) in [6.07, 6.45) is 0. The molecule has 8 heteroatoms. The van der Waals surface area contributed by atoms with Gasteiger partial charge < -0.3 is 25.8 Å². The largest absolute Gasteiger partial charge is 0.492 e. The molecule has 8 nitrogen and oxygen atoms in total. The number of benzene rings is 1. The van der Waals surface area contributed by atoms with E-state index >= 15 is 0 Å². The quantitative estimate of drug-likeness (QED) is 0.581. The number of carboxylic acids is 1. The van der Waals surface area contributed by atoms with Crippen LogP contribution in [0.4, 0.5) is 10.5 Å². The molecular weight excluding hydrogens is 278 g/mol. The molecule has 0 heterocycles. The van der Waals surface area contributed by atoms with E-state index in [0.29, 0.717) is 18.0 Å². The third kappa shape index (κ3) is 6.28. The van der Waals surface area contributed by atoms with Gasteiger partial charge in [0.05, 0.1) is 18.8 Å². The lowest BCUT2D eigenvalue weighted by molar-refractivity contribution is -0.137. The smallest absolute Gasteiger partial charge is 0.322 e. The zero-order valence-electron chi connectivity index (χ0n) is 11.5. The van der Waals surface area contributed by atoms with Gasteiger partial charge in [-0.1, -0.05) is 12.1 Å². The molecule has 0 aliphatic carbocycles. The highest BCUT2D eigenvalue weighted by Crippen LogP contribution is 2.23. The molecule has 0 atom stereocenters. The van der Waals surface area contributed by atoms with Crippen molar-refractivity contribution in [2.24, 2.45) is 0 Å². The summed E-state index contributed by atoms with van der Waals surface area (Å²) >= 11 is 0. The third-order valence-corrected chi connectivity index (χ3v) is 2.28. The second-order valence-corrected chi connectivity index (χ2v) is 3.91. The summed E-state index contributed by atoms with van der Waals surface area (Å²) in [6, 6.07) is 6.28. The second-order valence-electron chi connectivity index (χ2n) is 3.91. The number of rotatable bonds is 7. The lowest BCUT2D eigenvalue weighted by atomic mass is 10.3. The van der Waals surface area contributed by atoms with Gasteiger partial charge >= 0.3 is 12.0 Å². The van der Waals surface area contributed by atoms with E-state index in [-0.39, 0.29) is 6.54 Å². The summed E-state index contributed by atoms with van der Waals surface area (Å²) in [5.74, 6) is -1.23. The minimum absolute atomic E-state index is 0.323. The first-order valence-electron chi connectivity index (χ1n) is 6.28. The normalized spacial score (nSPS) is 9.57. The monoisotopic (exact) mass is 295 g/mol. The van der Waals surface area contributed by atoms with Crippen LogP contribution in [0.15, 0.2) is 24.3 Å². The predicted octanol–water partition coefficient (Wildman–Crippen LogP) is 0.408. The molecule has 0 fully saturated rings. The summed E-state index contributed by atoms with van der Waals surface area (Å²) in [7, 11) is 0. The van der Waals surface area contributed by atoms with Crippen molar-refractivity contribution in [3.63, 3.8) is 0 Å². The third-order valence-electron chi connectivity index (χ3n) is 2.28. The number of hydrogen-bond acceptors (Lipinski definition) is 4. The molecular formula is C13H17N3O5. The fourth-order valence-electron chi connectivity index (χ4n) is 1.42. The van der Waals surface area contributed by atoms with Crippen LogP contribution in [0.3, 0.4) is 0 Å². The number of nitrogens with one attached hydrogen (secondary N) is 3. The van der Waals surface area contributed by atoms with Gasteiger partial charge in [-0.3, -0.25) is 9.59 Å². The first kappa shape index (κ1) is 16.3. The Hall–Kier alpha value is -2.77. The molecule has 0 saturated carbocycles. The number of aliphatic carboxylic acids is 1. The predicted molar refractivity (Wildman–Crippen MR) is 75.3 cm³/mol. The fourth-order valence-corrected chi connectivity index (χ4v) is 1.42. The molecule has 3 amide bonds. The van der Waals surface area contributed by atoms with E-state index in [1.54, 1.807) is 24.3 Å². The van der Waals surface area contributed by atoms with Crippen molar-refractivity contribution >= 4 is 23.6 Å². The lowest BCUT2D eigenvalue weighted by Gasteiger charge is -2.11. The van der Waals surface area contributed by atoms with Gasteiger partial charge in [0, 0.05) is 0 Å². The van der Waals surface area contributed by atoms with Gasteiger partial charge in [0.1, 0.15) is 12.3 Å². The maximum Gasteiger partial charge on any atom is 0.322 e. The van der Waals surface area contributed by atoms with Crippen LogP contribution in [-0.2, 0) is 9.59 Å². The van der Waals surface area contributed by atoms with Crippen LogP contribution in [0.1, 0.15) is 6.92 Å². The van der Waals surface area contributed by atoms with Crippen LogP contribution < -0.4 is 20.7 Å². The molecule has 0 bridgehead atoms. The van der Waals surface area contributed by atoms with Crippen molar-refractivity contribution in [2.75, 3.05) is 25.0 Å². The number of carbonyl (C=O) groups excluding carboxylic acids is 2. The van der Waals surface area contributed by atoms with Crippen LogP contribution >= 0.6 is 0 Å². The van der Waals surface area contributed by atoms with E-state index in [1.807, 2.05) is 6.92 Å². The molecule has 0 aliphatic rings. The standard InChI is InChI=1S/C13H17N3O5/c1-2-21-10-6-4-3-5-9(10)16-13(20)15-7-11(17)14-8-12(18)19/h3-6H,2,7-8H2,1H3,(H,14,17)(H,18,19)(H2,15,16,20). The summed E-state index contributed by atoms with van der Waals surface area (Å²) < 4.78 is 5.34. The minimum atomic E-state index is -1.15. The van der Waals surface area contributed by atoms with Gasteiger partial charge in [-0.2, -0.15) is 0 Å². The van der Waals surface area contributed by atoms with E-state index in [9.17, 15) is 14.4 Å². The Morgan fingerprint density at radius 2 is 1.86 bits per heavy atom. The van der Waals surface area contributed by atoms with Crippen LogP contribution in [-0.4, -0.2) is 42.7 Å². The molecule has 0 unspecified atom stereocenters. The number of anilines is 1. The maximum absolute atomic E-state index is 11.6. The molecule has 1 aromatic rings. The summed E-state index contributed by atoms with van der Waals surface area (Å²) in [4.78, 5) is 33.1. The van der Waals surface area contributed by atoms with E-state index in [4.69, 9.17) is 9.84 Å². The Morgan fingerprint density at radius 1 is 1.14 bits per heavy atom. The molecule has 114 valence electrons. The number of carbonyl (C=O) groups is 3. The Bertz CT molecular complexity index is 518. The first-order valence-corrected chi connectivity index (χ1v) is 6.28. The van der Waals surface area contributed by atoms with E-state index < -0.39 is 24.5 Å². The van der Waals surface area contributed by atoms with Crippen molar-refractivity contribution in [3.05, 3.63) is 24.3 Å². The average molecular weight is 295 g/mol. The summed E-state index contributed by atoms with van der Waals surface area (Å²) in [6.45, 7) is 1.47. The fraction of sp³-hybridized carbons (Fsp3) is 0.308. The van der Waals surface area contributed by atoms with Crippen LogP contribution in [0, 0.1) is 0 Å². The van der Waals surface area contributed by atoms with Crippen molar-refractivity contribution in [3.8, 4) is 5.75 Å². The van der Waals surface area contributed by atoms with Gasteiger partial charge in [-0.05, 0) is 19.1 Å². The first-order chi connectivity index (χ1) is 10.0. The molecule has 0 radical (unpaired) electrons. The van der Waals surface area contributed by atoms with Crippen molar-refractivity contribution in [1.82, 2.24) is 10.6 Å². The zero-order chi connectivity index (χ0) is 15.7. The number of urea groups is 1.